The SMILES string of the molecule is C[C@@H](c1ccc(Cl)cc1)N(C(=O)Cc1ccccc1[S@](C)=O)c1ccccc1. The first-order valence-corrected chi connectivity index (χ1v) is 10.9. The summed E-state index contributed by atoms with van der Waals surface area (Å²) in [6.45, 7) is 2.00. The lowest BCUT2D eigenvalue weighted by Crippen LogP contribution is -2.35. The Labute approximate surface area is 173 Å². The standard InChI is InChI=1S/C23H22ClNO2S/c1-17(18-12-14-20(24)15-13-18)25(21-9-4-3-5-10-21)23(26)16-19-8-6-7-11-22(19)28(2)27/h3-15,17H,16H2,1-2H3/t17-,28-/m0/s1. The van der Waals surface area contributed by atoms with Gasteiger partial charge in [-0.25, -0.2) is 0 Å². The first kappa shape index (κ1) is 20.3. The van der Waals surface area contributed by atoms with E-state index in [4.69, 9.17) is 11.6 Å². The Kier molecular flexibility index (Phi) is 6.65. The monoisotopic (exact) mass is 411 g/mol. The molecule has 0 saturated carbocycles. The van der Waals surface area contributed by atoms with Gasteiger partial charge in [0.2, 0.25) is 5.91 Å². The second-order valence-electron chi connectivity index (χ2n) is 6.57. The van der Waals surface area contributed by atoms with E-state index in [0.29, 0.717) is 9.92 Å². The number of amides is 1. The average Bonchev–Trinajstić information content (AvgIpc) is 2.69. The van der Waals surface area contributed by atoms with Crippen molar-refractivity contribution in [2.75, 3.05) is 11.2 Å². The van der Waals surface area contributed by atoms with Crippen LogP contribution < -0.4 is 4.90 Å². The number of benzene rings is 3. The van der Waals surface area contributed by atoms with Crippen molar-refractivity contribution in [3.8, 4) is 0 Å². The molecule has 5 heteroatoms. The van der Waals surface area contributed by atoms with Crippen LogP contribution in [0, 0.1) is 0 Å². The molecule has 3 nitrogen and oxygen atoms in total. The normalized spacial score (nSPS) is 13.0. The van der Waals surface area contributed by atoms with E-state index in [1.807, 2.05) is 85.8 Å². The Morgan fingerprint density at radius 3 is 2.21 bits per heavy atom. The molecule has 144 valence electrons. The molecule has 0 bridgehead atoms. The minimum Gasteiger partial charge on any atom is -0.305 e. The lowest BCUT2D eigenvalue weighted by Gasteiger charge is -2.30. The topological polar surface area (TPSA) is 37.4 Å². The van der Waals surface area contributed by atoms with E-state index in [0.717, 1.165) is 16.8 Å². The summed E-state index contributed by atoms with van der Waals surface area (Å²) in [4.78, 5) is 15.9. The number of rotatable bonds is 6. The third-order valence-electron chi connectivity index (χ3n) is 4.67. The lowest BCUT2D eigenvalue weighted by atomic mass is 10.0. The van der Waals surface area contributed by atoms with Crippen LogP contribution in [0.5, 0.6) is 0 Å². The lowest BCUT2D eigenvalue weighted by molar-refractivity contribution is -0.118. The number of halogens is 1. The smallest absolute Gasteiger partial charge is 0.232 e. The average molecular weight is 412 g/mol. The Bertz CT molecular complexity index is 973. The highest BCUT2D eigenvalue weighted by Crippen LogP contribution is 2.29. The van der Waals surface area contributed by atoms with Crippen molar-refractivity contribution < 1.29 is 9.00 Å². The van der Waals surface area contributed by atoms with E-state index in [2.05, 4.69) is 0 Å². The zero-order chi connectivity index (χ0) is 20.1. The van der Waals surface area contributed by atoms with Crippen LogP contribution >= 0.6 is 11.6 Å². The summed E-state index contributed by atoms with van der Waals surface area (Å²) in [6, 6.07) is 24.4. The fourth-order valence-electron chi connectivity index (χ4n) is 3.24. The van der Waals surface area contributed by atoms with Gasteiger partial charge in [0.05, 0.1) is 23.3 Å². The molecule has 0 aliphatic carbocycles. The Morgan fingerprint density at radius 2 is 1.57 bits per heavy atom. The quantitative estimate of drug-likeness (QED) is 0.543. The first-order chi connectivity index (χ1) is 13.5. The van der Waals surface area contributed by atoms with Crippen molar-refractivity contribution in [3.05, 3.63) is 95.0 Å². The Hall–Kier alpha value is -2.43. The van der Waals surface area contributed by atoms with Gasteiger partial charge in [-0.1, -0.05) is 60.1 Å². The minimum absolute atomic E-state index is 0.0495. The molecule has 0 aliphatic heterocycles. The minimum atomic E-state index is -1.15. The molecule has 1 amide bonds. The van der Waals surface area contributed by atoms with Gasteiger partial charge in [-0.15, -0.1) is 0 Å². The predicted molar refractivity (Wildman–Crippen MR) is 116 cm³/mol. The summed E-state index contributed by atoms with van der Waals surface area (Å²) < 4.78 is 12.0. The van der Waals surface area contributed by atoms with Crippen molar-refractivity contribution in [3.63, 3.8) is 0 Å². The summed E-state index contributed by atoms with van der Waals surface area (Å²) in [5, 5.41) is 0.660. The first-order valence-electron chi connectivity index (χ1n) is 9.01. The van der Waals surface area contributed by atoms with Gasteiger partial charge < -0.3 is 4.90 Å². The van der Waals surface area contributed by atoms with Gasteiger partial charge in [0.25, 0.3) is 0 Å². The van der Waals surface area contributed by atoms with Gasteiger partial charge in [0.15, 0.2) is 0 Å². The summed E-state index contributed by atoms with van der Waals surface area (Å²) in [6.07, 6.45) is 1.82. The molecule has 3 aromatic rings. The molecular weight excluding hydrogens is 390 g/mol. The molecule has 0 saturated heterocycles. The summed E-state index contributed by atoms with van der Waals surface area (Å²) in [5.74, 6) is -0.0495. The molecule has 2 atom stereocenters. The van der Waals surface area contributed by atoms with Gasteiger partial charge in [0.1, 0.15) is 0 Å². The summed E-state index contributed by atoms with van der Waals surface area (Å²) in [5.41, 5.74) is 2.61. The molecule has 0 aromatic heterocycles. The van der Waals surface area contributed by atoms with E-state index in [1.54, 1.807) is 11.2 Å². The van der Waals surface area contributed by atoms with Gasteiger partial charge in [-0.3, -0.25) is 9.00 Å². The predicted octanol–water partition coefficient (Wildman–Crippen LogP) is 5.41. The van der Waals surface area contributed by atoms with Crippen molar-refractivity contribution in [1.82, 2.24) is 0 Å². The van der Waals surface area contributed by atoms with Crippen molar-refractivity contribution in [1.29, 1.82) is 0 Å². The van der Waals surface area contributed by atoms with E-state index < -0.39 is 10.8 Å². The van der Waals surface area contributed by atoms with E-state index in [1.165, 1.54) is 0 Å². The molecular formula is C23H22ClNO2S. The second-order valence-corrected chi connectivity index (χ2v) is 8.35. The maximum absolute atomic E-state index is 13.4. The zero-order valence-corrected chi connectivity index (χ0v) is 17.4. The van der Waals surface area contributed by atoms with Crippen molar-refractivity contribution in [2.45, 2.75) is 24.3 Å². The highest BCUT2D eigenvalue weighted by Gasteiger charge is 2.24. The molecule has 0 heterocycles. The fourth-order valence-corrected chi connectivity index (χ4v) is 4.15. The number of para-hydroxylation sites is 1. The maximum atomic E-state index is 13.4. The second kappa shape index (κ2) is 9.18. The fraction of sp³-hybridized carbons (Fsp3) is 0.174. The van der Waals surface area contributed by atoms with Crippen LogP contribution in [0.2, 0.25) is 5.02 Å². The van der Waals surface area contributed by atoms with Gasteiger partial charge in [-0.05, 0) is 48.4 Å². The van der Waals surface area contributed by atoms with Gasteiger partial charge >= 0.3 is 0 Å². The summed E-state index contributed by atoms with van der Waals surface area (Å²) in [7, 11) is -1.15. The number of anilines is 1. The number of hydrogen-bond acceptors (Lipinski definition) is 2. The number of hydrogen-bond donors (Lipinski definition) is 0. The van der Waals surface area contributed by atoms with Crippen LogP contribution in [-0.2, 0) is 22.0 Å². The molecule has 0 fully saturated rings. The third-order valence-corrected chi connectivity index (χ3v) is 5.94. The largest absolute Gasteiger partial charge is 0.305 e. The molecule has 0 N–H and O–H groups in total. The third kappa shape index (κ3) is 4.70. The number of carbonyl (C=O) groups is 1. The summed E-state index contributed by atoms with van der Waals surface area (Å²) >= 11 is 6.02. The van der Waals surface area contributed by atoms with Crippen LogP contribution in [0.3, 0.4) is 0 Å². The molecule has 0 spiro atoms. The van der Waals surface area contributed by atoms with Crippen molar-refractivity contribution in [2.24, 2.45) is 0 Å². The Morgan fingerprint density at radius 1 is 0.964 bits per heavy atom. The van der Waals surface area contributed by atoms with Gasteiger partial charge in [0, 0.05) is 21.9 Å². The van der Waals surface area contributed by atoms with E-state index in [-0.39, 0.29) is 18.4 Å². The van der Waals surface area contributed by atoms with Gasteiger partial charge in [-0.2, -0.15) is 0 Å². The number of nitrogens with zero attached hydrogens (tertiary/aromatic N) is 1. The van der Waals surface area contributed by atoms with Crippen LogP contribution in [0.15, 0.2) is 83.8 Å². The molecule has 0 unspecified atom stereocenters. The zero-order valence-electron chi connectivity index (χ0n) is 15.8. The molecule has 0 aliphatic rings. The molecule has 28 heavy (non-hydrogen) atoms. The van der Waals surface area contributed by atoms with Crippen LogP contribution in [0.1, 0.15) is 24.1 Å². The van der Waals surface area contributed by atoms with E-state index in [9.17, 15) is 9.00 Å². The maximum Gasteiger partial charge on any atom is 0.232 e. The van der Waals surface area contributed by atoms with Crippen LogP contribution in [0.25, 0.3) is 0 Å². The van der Waals surface area contributed by atoms with Crippen molar-refractivity contribution >= 4 is 34.0 Å². The number of carbonyl (C=O) groups excluding carboxylic acids is 1. The molecule has 3 rings (SSSR count). The highest BCUT2D eigenvalue weighted by atomic mass is 35.5. The van der Waals surface area contributed by atoms with Crippen LogP contribution in [-0.4, -0.2) is 16.4 Å². The van der Waals surface area contributed by atoms with E-state index >= 15 is 0 Å². The highest BCUT2D eigenvalue weighted by molar-refractivity contribution is 7.84. The van der Waals surface area contributed by atoms with Crippen LogP contribution in [0.4, 0.5) is 5.69 Å². The Balaban J connectivity index is 1.96. The molecule has 3 aromatic carbocycles. The molecule has 0 radical (unpaired) electrons.